The Morgan fingerprint density at radius 3 is 2.75 bits per heavy atom. The summed E-state index contributed by atoms with van der Waals surface area (Å²) in [5.74, 6) is 5.82. The lowest BCUT2D eigenvalue weighted by atomic mass is 10.1. The molecule has 32 heavy (non-hydrogen) atoms. The molecule has 7 heteroatoms. The van der Waals surface area contributed by atoms with Crippen LogP contribution in [0.4, 0.5) is 0 Å². The van der Waals surface area contributed by atoms with E-state index in [1.807, 2.05) is 57.2 Å². The van der Waals surface area contributed by atoms with Gasteiger partial charge in [0.25, 0.3) is 0 Å². The summed E-state index contributed by atoms with van der Waals surface area (Å²) in [7, 11) is 1.66. The van der Waals surface area contributed by atoms with Gasteiger partial charge in [0, 0.05) is 31.1 Å². The van der Waals surface area contributed by atoms with E-state index in [0.29, 0.717) is 13.0 Å². The Hall–Kier alpha value is -3.76. The first kappa shape index (κ1) is 24.5. The maximum absolute atomic E-state index is 10.6. The summed E-state index contributed by atoms with van der Waals surface area (Å²) in [5, 5.41) is 14.2. The Morgan fingerprint density at radius 2 is 2.09 bits per heavy atom. The monoisotopic (exact) mass is 431 g/mol. The third kappa shape index (κ3) is 6.89. The van der Waals surface area contributed by atoms with Crippen molar-refractivity contribution in [2.75, 3.05) is 13.6 Å². The van der Waals surface area contributed by atoms with E-state index in [0.717, 1.165) is 40.2 Å². The van der Waals surface area contributed by atoms with E-state index >= 15 is 0 Å². The lowest BCUT2D eigenvalue weighted by molar-refractivity contribution is -0.117. The fourth-order valence-corrected chi connectivity index (χ4v) is 2.73. The van der Waals surface area contributed by atoms with E-state index < -0.39 is 6.10 Å². The molecule has 3 aromatic rings. The number of aromatic nitrogens is 4. The predicted molar refractivity (Wildman–Crippen MR) is 127 cm³/mol. The van der Waals surface area contributed by atoms with E-state index in [2.05, 4.69) is 28.5 Å². The van der Waals surface area contributed by atoms with Crippen LogP contribution in [0.5, 0.6) is 0 Å². The lowest BCUT2D eigenvalue weighted by Gasteiger charge is -2.10. The summed E-state index contributed by atoms with van der Waals surface area (Å²) >= 11 is 0. The average molecular weight is 432 g/mol. The van der Waals surface area contributed by atoms with E-state index in [4.69, 9.17) is 4.98 Å². The summed E-state index contributed by atoms with van der Waals surface area (Å²) in [5.41, 5.74) is 4.86. The van der Waals surface area contributed by atoms with Gasteiger partial charge in [0.2, 0.25) is 6.41 Å². The Labute approximate surface area is 189 Å². The minimum atomic E-state index is -0.806. The van der Waals surface area contributed by atoms with Crippen molar-refractivity contribution < 1.29 is 9.90 Å². The Kier molecular flexibility index (Phi) is 9.33. The summed E-state index contributed by atoms with van der Waals surface area (Å²) in [6, 6.07) is 11.5. The third-order valence-electron chi connectivity index (χ3n) is 4.41. The van der Waals surface area contributed by atoms with Gasteiger partial charge in [-0.05, 0) is 36.8 Å². The Balaban J connectivity index is 0.00000176. The number of rotatable bonds is 7. The SMILES string of the molecule is C=C(C)c1cc(-n2cncn2)cc(-c2cccc(C#CC(O)CCN(C)C=O)c2)n1.CC. The molecule has 166 valence electrons. The summed E-state index contributed by atoms with van der Waals surface area (Å²) in [6.45, 7) is 10.4. The largest absolute Gasteiger partial charge is 0.380 e. The molecule has 1 amide bonds. The van der Waals surface area contributed by atoms with E-state index in [1.165, 1.54) is 11.2 Å². The standard InChI is InChI=1S/C23H23N5O2.C2H6/c1-17(2)22-12-20(28-15-24-14-25-28)13-23(26-22)19-6-4-5-18(11-19)7-8-21(30)9-10-27(3)16-29;1-2/h4-6,11-16,21,30H,1,9-10H2,2-3H3;1-2H3. The van der Waals surface area contributed by atoms with Crippen molar-refractivity contribution in [3.8, 4) is 28.8 Å². The van der Waals surface area contributed by atoms with Gasteiger partial charge >= 0.3 is 0 Å². The van der Waals surface area contributed by atoms with Crippen LogP contribution in [-0.4, -0.2) is 55.9 Å². The summed E-state index contributed by atoms with van der Waals surface area (Å²) in [4.78, 5) is 20.8. The molecule has 1 atom stereocenters. The maximum Gasteiger partial charge on any atom is 0.209 e. The van der Waals surface area contributed by atoms with E-state index in [-0.39, 0.29) is 0 Å². The van der Waals surface area contributed by atoms with Crippen LogP contribution in [0.25, 0.3) is 22.5 Å². The number of nitrogens with zero attached hydrogens (tertiary/aromatic N) is 5. The van der Waals surface area contributed by atoms with Crippen molar-refractivity contribution in [3.05, 3.63) is 66.9 Å². The zero-order chi connectivity index (χ0) is 23.5. The first-order chi connectivity index (χ1) is 15.5. The van der Waals surface area contributed by atoms with Crippen molar-refractivity contribution in [2.45, 2.75) is 33.3 Å². The van der Waals surface area contributed by atoms with Gasteiger partial charge in [-0.2, -0.15) is 5.10 Å². The van der Waals surface area contributed by atoms with Crippen LogP contribution in [0.2, 0.25) is 0 Å². The zero-order valence-electron chi connectivity index (χ0n) is 19.0. The molecule has 1 aromatic carbocycles. The van der Waals surface area contributed by atoms with Crippen LogP contribution in [0.15, 0.2) is 55.6 Å². The average Bonchev–Trinajstić information content (AvgIpc) is 3.37. The number of pyridine rings is 1. The van der Waals surface area contributed by atoms with Crippen LogP contribution in [-0.2, 0) is 4.79 Å². The van der Waals surface area contributed by atoms with Crippen LogP contribution in [0.1, 0.15) is 38.4 Å². The van der Waals surface area contributed by atoms with Crippen molar-refractivity contribution >= 4 is 12.0 Å². The van der Waals surface area contributed by atoms with Gasteiger partial charge in [0.1, 0.15) is 18.8 Å². The molecule has 0 saturated carbocycles. The highest BCUT2D eigenvalue weighted by Gasteiger charge is 2.09. The second-order valence-corrected chi connectivity index (χ2v) is 6.96. The fraction of sp³-hybridized carbons (Fsp3) is 0.280. The van der Waals surface area contributed by atoms with Crippen LogP contribution >= 0.6 is 0 Å². The number of aliphatic hydroxyl groups excluding tert-OH is 1. The highest BCUT2D eigenvalue weighted by molar-refractivity contribution is 5.69. The molecule has 1 unspecified atom stereocenters. The predicted octanol–water partition coefficient (Wildman–Crippen LogP) is 3.58. The molecule has 0 aliphatic rings. The molecule has 0 bridgehead atoms. The van der Waals surface area contributed by atoms with Gasteiger partial charge in [0.05, 0.1) is 17.1 Å². The highest BCUT2D eigenvalue weighted by atomic mass is 16.3. The van der Waals surface area contributed by atoms with E-state index in [9.17, 15) is 9.90 Å². The highest BCUT2D eigenvalue weighted by Crippen LogP contribution is 2.24. The topological polar surface area (TPSA) is 84.1 Å². The zero-order valence-corrected chi connectivity index (χ0v) is 19.0. The second-order valence-electron chi connectivity index (χ2n) is 6.96. The molecular formula is C25H29N5O2. The van der Waals surface area contributed by atoms with Gasteiger partial charge in [-0.3, -0.25) is 4.79 Å². The van der Waals surface area contributed by atoms with Gasteiger partial charge in [-0.25, -0.2) is 14.6 Å². The van der Waals surface area contributed by atoms with Crippen molar-refractivity contribution in [1.29, 1.82) is 0 Å². The molecule has 7 nitrogen and oxygen atoms in total. The molecule has 0 spiro atoms. The quantitative estimate of drug-likeness (QED) is 0.457. The molecule has 0 radical (unpaired) electrons. The van der Waals surface area contributed by atoms with Crippen molar-refractivity contribution in [1.82, 2.24) is 24.6 Å². The Bertz CT molecular complexity index is 1100. The number of amides is 1. The molecule has 0 fully saturated rings. The van der Waals surface area contributed by atoms with Gasteiger partial charge < -0.3 is 10.0 Å². The number of hydrogen-bond acceptors (Lipinski definition) is 5. The molecule has 1 N–H and O–H groups in total. The second kappa shape index (κ2) is 12.2. The molecule has 2 heterocycles. The molecule has 3 rings (SSSR count). The van der Waals surface area contributed by atoms with Gasteiger partial charge in [-0.15, -0.1) is 0 Å². The van der Waals surface area contributed by atoms with E-state index in [1.54, 1.807) is 18.1 Å². The minimum absolute atomic E-state index is 0.394. The summed E-state index contributed by atoms with van der Waals surface area (Å²) < 4.78 is 1.67. The fourth-order valence-electron chi connectivity index (χ4n) is 2.73. The molecule has 2 aromatic heterocycles. The molecule has 0 aliphatic carbocycles. The minimum Gasteiger partial charge on any atom is -0.380 e. The number of carbonyl (C=O) groups is 1. The van der Waals surface area contributed by atoms with Crippen LogP contribution < -0.4 is 0 Å². The number of benzene rings is 1. The van der Waals surface area contributed by atoms with Crippen LogP contribution in [0, 0.1) is 11.8 Å². The summed E-state index contributed by atoms with van der Waals surface area (Å²) in [6.07, 6.45) is 3.43. The number of carbonyl (C=O) groups excluding carboxylic acids is 1. The number of allylic oxidation sites excluding steroid dienone is 1. The lowest BCUT2D eigenvalue weighted by Crippen LogP contribution is -2.21. The molecule has 0 aliphatic heterocycles. The smallest absolute Gasteiger partial charge is 0.209 e. The Morgan fingerprint density at radius 1 is 1.31 bits per heavy atom. The first-order valence-corrected chi connectivity index (χ1v) is 10.4. The normalized spacial score (nSPS) is 10.8. The third-order valence-corrected chi connectivity index (χ3v) is 4.41. The number of hydrogen-bond donors (Lipinski definition) is 1. The maximum atomic E-state index is 10.6. The number of aliphatic hydroxyl groups is 1. The van der Waals surface area contributed by atoms with Crippen molar-refractivity contribution in [3.63, 3.8) is 0 Å². The van der Waals surface area contributed by atoms with Crippen LogP contribution in [0.3, 0.4) is 0 Å². The van der Waals surface area contributed by atoms with Crippen molar-refractivity contribution in [2.24, 2.45) is 0 Å². The van der Waals surface area contributed by atoms with Gasteiger partial charge in [0.15, 0.2) is 0 Å². The molecular weight excluding hydrogens is 402 g/mol. The first-order valence-electron chi connectivity index (χ1n) is 10.4. The van der Waals surface area contributed by atoms with Gasteiger partial charge in [-0.1, -0.05) is 44.4 Å². The molecule has 0 saturated heterocycles.